The first kappa shape index (κ1) is 14.7. The molecule has 2 aromatic carbocycles. The number of hydrogen-bond acceptors (Lipinski definition) is 4. The zero-order chi connectivity index (χ0) is 15.4. The third-order valence-corrected chi connectivity index (χ3v) is 5.31. The summed E-state index contributed by atoms with van der Waals surface area (Å²) in [6, 6.07) is 11.6. The second-order valence-electron chi connectivity index (χ2n) is 5.76. The van der Waals surface area contributed by atoms with Gasteiger partial charge in [0.15, 0.2) is 0 Å². The molecule has 0 radical (unpaired) electrons. The van der Waals surface area contributed by atoms with Crippen molar-refractivity contribution in [2.45, 2.75) is 0 Å². The van der Waals surface area contributed by atoms with Gasteiger partial charge in [-0.15, -0.1) is 0 Å². The number of benzene rings is 2. The Hall–Kier alpha value is -0.880. The van der Waals surface area contributed by atoms with Crippen molar-refractivity contribution in [3.05, 3.63) is 58.9 Å². The van der Waals surface area contributed by atoms with Crippen LogP contribution in [0.5, 0.6) is 0 Å². The van der Waals surface area contributed by atoms with Crippen LogP contribution in [0.25, 0.3) is 0 Å². The summed E-state index contributed by atoms with van der Waals surface area (Å²) < 4.78 is 2.32. The van der Waals surface area contributed by atoms with E-state index >= 15 is 0 Å². The van der Waals surface area contributed by atoms with Crippen molar-refractivity contribution in [3.8, 4) is 0 Å². The topological polar surface area (TPSA) is 58.2 Å². The molecule has 4 nitrogen and oxygen atoms in total. The summed E-state index contributed by atoms with van der Waals surface area (Å²) in [6.45, 7) is 0. The summed E-state index contributed by atoms with van der Waals surface area (Å²) in [7, 11) is 0. The normalized spacial score (nSPS) is 18.9. The van der Waals surface area contributed by atoms with Crippen molar-refractivity contribution in [1.82, 2.24) is 0 Å². The molecule has 2 heterocycles. The van der Waals surface area contributed by atoms with E-state index in [4.69, 9.17) is 0 Å². The van der Waals surface area contributed by atoms with E-state index in [0.29, 0.717) is 22.5 Å². The van der Waals surface area contributed by atoms with Gasteiger partial charge in [-0.3, -0.25) is 0 Å². The zero-order valence-electron chi connectivity index (χ0n) is 12.3. The first-order chi connectivity index (χ1) is 10.5. The first-order valence-corrected chi connectivity index (χ1v) is 9.13. The van der Waals surface area contributed by atoms with E-state index < -0.39 is 0 Å². The van der Waals surface area contributed by atoms with Gasteiger partial charge in [0.2, 0.25) is 0 Å². The summed E-state index contributed by atoms with van der Waals surface area (Å²) in [6.07, 6.45) is 0. The molecule has 6 heteroatoms. The molecule has 0 saturated carbocycles. The van der Waals surface area contributed by atoms with Crippen LogP contribution >= 0.6 is 0 Å². The van der Waals surface area contributed by atoms with Crippen molar-refractivity contribution >= 4 is 84.4 Å². The van der Waals surface area contributed by atoms with Gasteiger partial charge in [0.25, 0.3) is 0 Å². The van der Waals surface area contributed by atoms with Crippen LogP contribution in [-0.2, 0) is 0 Å². The van der Waals surface area contributed by atoms with Gasteiger partial charge in [0.05, 0.1) is 0 Å². The standard InChI is InChI=1S/C16H8N2O2.2Na/c19-15-9-5-1-3-7-11(9)17-13(15)14-16(20)10-6-2-4-8-12(10)18-14;;/h3-8,17-18H;;. The van der Waals surface area contributed by atoms with E-state index in [0.717, 1.165) is 72.9 Å². The van der Waals surface area contributed by atoms with Gasteiger partial charge in [-0.2, -0.15) is 0 Å². The molecule has 0 aromatic heterocycles. The quantitative estimate of drug-likeness (QED) is 0.546. The summed E-state index contributed by atoms with van der Waals surface area (Å²) >= 11 is 1.79. The van der Waals surface area contributed by atoms with Gasteiger partial charge in [-0.1, -0.05) is 0 Å². The maximum atomic E-state index is 12.6. The molecule has 0 spiro atoms. The van der Waals surface area contributed by atoms with Crippen molar-refractivity contribution in [2.24, 2.45) is 0 Å². The monoisotopic (exact) mass is 306 g/mol. The number of carbonyl (C=O) groups is 2. The Kier molecular flexibility index (Phi) is 3.57. The molecule has 0 aliphatic carbocycles. The number of nitrogens with one attached hydrogen (secondary N) is 2. The van der Waals surface area contributed by atoms with E-state index in [-0.39, 0.29) is 11.6 Å². The van der Waals surface area contributed by atoms with Gasteiger partial charge < -0.3 is 0 Å². The van der Waals surface area contributed by atoms with Crippen LogP contribution in [-0.4, -0.2) is 67.4 Å². The Morgan fingerprint density at radius 3 is 1.50 bits per heavy atom. The number of carbonyl (C=O) groups excluding carboxylic acids is 2. The second-order valence-corrected chi connectivity index (χ2v) is 8.07. The number of hydrogen-bond donors (Lipinski definition) is 2. The number of fused-ring (bicyclic) bond motifs is 2. The molecule has 0 saturated heterocycles. The average molecular weight is 306 g/mol. The molecule has 96 valence electrons. The molecule has 2 aromatic rings. The predicted molar refractivity (Wildman–Crippen MR) is 86.6 cm³/mol. The van der Waals surface area contributed by atoms with E-state index in [1.165, 1.54) is 0 Å². The van der Waals surface area contributed by atoms with Gasteiger partial charge in [-0.25, -0.2) is 0 Å². The van der Waals surface area contributed by atoms with Crippen LogP contribution in [0.3, 0.4) is 0 Å². The molecule has 0 unspecified atom stereocenters. The molecule has 22 heavy (non-hydrogen) atoms. The summed E-state index contributed by atoms with van der Waals surface area (Å²) in [5, 5.41) is 6.21. The van der Waals surface area contributed by atoms with Crippen LogP contribution < -0.4 is 16.3 Å². The third-order valence-electron chi connectivity index (χ3n) is 4.06. The predicted octanol–water partition coefficient (Wildman–Crippen LogP) is 0.402. The van der Waals surface area contributed by atoms with Gasteiger partial charge in [0, 0.05) is 0 Å². The molecule has 2 N–H and O–H groups in total. The van der Waals surface area contributed by atoms with Crippen LogP contribution in [0.4, 0.5) is 11.4 Å². The minimum atomic E-state index is -0.109. The average Bonchev–Trinajstić information content (AvgIpc) is 2.98. The van der Waals surface area contributed by atoms with Crippen molar-refractivity contribution in [2.75, 3.05) is 10.6 Å². The molecule has 0 amide bonds. The van der Waals surface area contributed by atoms with Gasteiger partial charge >= 0.3 is 164 Å². The van der Waals surface area contributed by atoms with Crippen molar-refractivity contribution in [1.29, 1.82) is 0 Å². The van der Waals surface area contributed by atoms with Crippen LogP contribution in [0.2, 0.25) is 0 Å². The fraction of sp³-hybridized carbons (Fsp3) is 0. The van der Waals surface area contributed by atoms with Crippen LogP contribution in [0.15, 0.2) is 47.8 Å². The number of ketones is 2. The van der Waals surface area contributed by atoms with E-state index in [2.05, 4.69) is 10.6 Å². The van der Waals surface area contributed by atoms with Gasteiger partial charge in [0.1, 0.15) is 0 Å². The fourth-order valence-electron chi connectivity index (χ4n) is 2.91. The molecular formula is C16H8N2Na2O2. The summed E-state index contributed by atoms with van der Waals surface area (Å²) in [5.74, 6) is -0.218. The Morgan fingerprint density at radius 2 is 1.09 bits per heavy atom. The Balaban J connectivity index is 1.82. The minimum absolute atomic E-state index is 0.109. The zero-order valence-corrected chi connectivity index (χ0v) is 16.3. The molecule has 2 aliphatic rings. The molecule has 4 rings (SSSR count). The van der Waals surface area contributed by atoms with Crippen LogP contribution in [0.1, 0.15) is 20.7 Å². The number of rotatable bonds is 0. The molecule has 2 aliphatic heterocycles. The summed E-state index contributed by atoms with van der Waals surface area (Å²) in [4.78, 5) is 25.2. The van der Waals surface area contributed by atoms with E-state index in [1.54, 1.807) is 0 Å². The Morgan fingerprint density at radius 1 is 0.682 bits per heavy atom. The Labute approximate surface area is 162 Å². The number of Topliss-reactive ketones (excluding diaryl/α,β-unsaturated/α-hetero) is 2. The van der Waals surface area contributed by atoms with Crippen LogP contribution in [0, 0.1) is 0 Å². The maximum absolute atomic E-state index is 12.6. The number of allylic oxidation sites excluding steroid dienone is 2. The molecule has 0 atom stereocenters. The second kappa shape index (κ2) is 5.34. The van der Waals surface area contributed by atoms with Crippen molar-refractivity contribution in [3.63, 3.8) is 0 Å². The molecule has 0 bridgehead atoms. The van der Waals surface area contributed by atoms with E-state index in [1.807, 2.05) is 36.4 Å². The number of anilines is 2. The fourth-order valence-corrected chi connectivity index (χ4v) is 3.82. The first-order valence-electron chi connectivity index (χ1n) is 7.13. The summed E-state index contributed by atoms with van der Waals surface area (Å²) in [5.41, 5.74) is 3.59. The van der Waals surface area contributed by atoms with Gasteiger partial charge in [-0.05, 0) is 0 Å². The van der Waals surface area contributed by atoms with Crippen molar-refractivity contribution < 1.29 is 9.59 Å². The third kappa shape index (κ3) is 2.22. The van der Waals surface area contributed by atoms with E-state index in [9.17, 15) is 9.59 Å². The molecule has 0 fully saturated rings. The molecular weight excluding hydrogens is 298 g/mol. The Bertz CT molecular complexity index is 830. The SMILES string of the molecule is O=C1C(=C2Nc3cc[c]([Na])cc3C2=O)Nc2cc[c]([Na])cc21.